The van der Waals surface area contributed by atoms with Crippen LogP contribution in [-0.4, -0.2) is 54.7 Å². The molecule has 4 atom stereocenters. The fourth-order valence-corrected chi connectivity index (χ4v) is 6.60. The Hall–Kier alpha value is -5.09. The highest BCUT2D eigenvalue weighted by Crippen LogP contribution is 2.28. The van der Waals surface area contributed by atoms with Crippen LogP contribution >= 0.6 is 0 Å². The first kappa shape index (κ1) is 55.9. The smallest absolute Gasteiger partial charge is 0.330 e. The van der Waals surface area contributed by atoms with E-state index in [4.69, 9.17) is 15.2 Å². The summed E-state index contributed by atoms with van der Waals surface area (Å²) in [7, 11) is 0. The van der Waals surface area contributed by atoms with Crippen molar-refractivity contribution in [3.05, 3.63) is 156 Å². The number of hydrogen-bond acceptors (Lipinski definition) is 9. The first-order valence-corrected chi connectivity index (χ1v) is 23.1. The number of allylic oxidation sites excluding steroid dienone is 1. The van der Waals surface area contributed by atoms with Crippen LogP contribution in [0.4, 0.5) is 0 Å². The van der Waals surface area contributed by atoms with E-state index < -0.39 is 0 Å². The molecule has 346 valence electrons. The predicted molar refractivity (Wildman–Crippen MR) is 260 cm³/mol. The van der Waals surface area contributed by atoms with Crippen molar-refractivity contribution in [3.8, 4) is 0 Å². The molecule has 0 saturated carbocycles. The molecule has 0 amide bonds. The lowest BCUT2D eigenvalue weighted by Crippen LogP contribution is -2.38. The zero-order chi connectivity index (χ0) is 46.5. The second-order valence-electron chi connectivity index (χ2n) is 15.2. The Labute approximate surface area is 380 Å². The minimum atomic E-state index is -0.240. The monoisotopic (exact) mass is 866 g/mol. The Balaban J connectivity index is 0.000000458. The van der Waals surface area contributed by atoms with Gasteiger partial charge in [0.1, 0.15) is 0 Å². The summed E-state index contributed by atoms with van der Waals surface area (Å²) in [5.41, 5.74) is 10.8. The minimum absolute atomic E-state index is 0.0287. The Kier molecular flexibility index (Phi) is 32.3. The second-order valence-corrected chi connectivity index (χ2v) is 15.2. The molecule has 9 nitrogen and oxygen atoms in total. The lowest BCUT2D eigenvalue weighted by Gasteiger charge is -2.36. The number of nitrogens with zero attached hydrogens (tertiary/aromatic N) is 1. The average Bonchev–Trinajstić information content (AvgIpc) is 3.29. The summed E-state index contributed by atoms with van der Waals surface area (Å²) < 4.78 is 14.6. The number of hydrogen-bond donors (Lipinski definition) is 2. The average molecular weight is 866 g/mol. The van der Waals surface area contributed by atoms with Crippen molar-refractivity contribution in [1.82, 2.24) is 10.2 Å². The minimum Gasteiger partial charge on any atom is -0.466 e. The zero-order valence-electron chi connectivity index (χ0n) is 39.7. The fraction of sp³-hybridized carbons (Fsp3) is 0.463. The standard InChI is InChI=1S/C23H31NO2.C15H17N.C8H17NO2.C8H14O2/c1-4-12-22(17-23(25)26-5-2)24(18-20-13-8-6-9-14-20)19(3)21-15-10-7-11-16-21;1-13(15-10-6-3-7-11-15)16-12-14-8-4-2-5-9-14;1-3-5-7(9)6-8(10)11-4-2;1-3-5-6-7-8(9)10-4-2/h6-11,13-16,19,22H,4-5,12,17-18H2,1-3H3;2-11,13,16H,12H2,1H3;7H,3-6,9H2,1-2H3;6-7H,3-5H2,1-2H3/b;;;7-6+/t19-,22-;13-;7-;/m000./s1. The van der Waals surface area contributed by atoms with Gasteiger partial charge in [0.2, 0.25) is 0 Å². The van der Waals surface area contributed by atoms with Crippen molar-refractivity contribution >= 4 is 17.9 Å². The summed E-state index contributed by atoms with van der Waals surface area (Å²) in [5, 5.41) is 3.52. The molecule has 0 heterocycles. The van der Waals surface area contributed by atoms with Gasteiger partial charge in [0.05, 0.1) is 32.7 Å². The van der Waals surface area contributed by atoms with E-state index in [1.807, 2.05) is 44.2 Å². The normalized spacial score (nSPS) is 12.5. The van der Waals surface area contributed by atoms with E-state index in [0.717, 1.165) is 51.6 Å². The van der Waals surface area contributed by atoms with Crippen LogP contribution in [0.25, 0.3) is 0 Å². The van der Waals surface area contributed by atoms with Crippen LogP contribution in [-0.2, 0) is 41.7 Å². The summed E-state index contributed by atoms with van der Waals surface area (Å²) in [6.07, 6.45) is 10.0. The molecule has 0 spiro atoms. The Morgan fingerprint density at radius 2 is 1.08 bits per heavy atom. The van der Waals surface area contributed by atoms with Gasteiger partial charge in [-0.3, -0.25) is 14.5 Å². The van der Waals surface area contributed by atoms with Gasteiger partial charge >= 0.3 is 17.9 Å². The third-order valence-corrected chi connectivity index (χ3v) is 9.93. The number of benzene rings is 4. The Bertz CT molecular complexity index is 1740. The molecule has 63 heavy (non-hydrogen) atoms. The number of rotatable bonds is 23. The van der Waals surface area contributed by atoms with Gasteiger partial charge in [-0.1, -0.05) is 167 Å². The van der Waals surface area contributed by atoms with Crippen LogP contribution in [0.15, 0.2) is 133 Å². The lowest BCUT2D eigenvalue weighted by molar-refractivity contribution is -0.145. The first-order chi connectivity index (χ1) is 30.5. The molecule has 0 aliphatic heterocycles. The molecule has 3 N–H and O–H groups in total. The molecule has 4 rings (SSSR count). The van der Waals surface area contributed by atoms with E-state index >= 15 is 0 Å². The van der Waals surface area contributed by atoms with E-state index in [0.29, 0.717) is 38.7 Å². The highest BCUT2D eigenvalue weighted by molar-refractivity contribution is 5.81. The van der Waals surface area contributed by atoms with Crippen molar-refractivity contribution in [2.45, 2.75) is 144 Å². The van der Waals surface area contributed by atoms with Crippen molar-refractivity contribution < 1.29 is 28.6 Å². The van der Waals surface area contributed by atoms with Gasteiger partial charge in [-0.25, -0.2) is 4.79 Å². The van der Waals surface area contributed by atoms with Gasteiger partial charge in [0, 0.05) is 43.3 Å². The van der Waals surface area contributed by atoms with Crippen LogP contribution < -0.4 is 11.1 Å². The highest BCUT2D eigenvalue weighted by atomic mass is 16.5. The van der Waals surface area contributed by atoms with Crippen molar-refractivity contribution in [2.75, 3.05) is 19.8 Å². The quantitative estimate of drug-likeness (QED) is 0.0426. The second kappa shape index (κ2) is 36.4. The van der Waals surface area contributed by atoms with Gasteiger partial charge < -0.3 is 25.3 Å². The van der Waals surface area contributed by atoms with Crippen LogP contribution in [0.1, 0.15) is 141 Å². The Morgan fingerprint density at radius 1 is 0.603 bits per heavy atom. The number of esters is 3. The highest BCUT2D eigenvalue weighted by Gasteiger charge is 2.27. The molecule has 0 radical (unpaired) electrons. The van der Waals surface area contributed by atoms with E-state index in [2.05, 4.69) is 140 Å². The molecule has 4 aromatic carbocycles. The maximum atomic E-state index is 12.2. The number of nitrogens with two attached hydrogens (primary N) is 1. The number of ether oxygens (including phenoxy) is 3. The lowest BCUT2D eigenvalue weighted by atomic mass is 9.99. The van der Waals surface area contributed by atoms with Crippen molar-refractivity contribution in [1.29, 1.82) is 0 Å². The summed E-state index contributed by atoms with van der Waals surface area (Å²) in [5.74, 6) is -0.534. The fourth-order valence-electron chi connectivity index (χ4n) is 6.60. The molecule has 9 heteroatoms. The SMILES string of the molecule is CCC/C=C/C(=O)OCC.CCC[C@@H](CC(=O)OCC)N(Cc1ccccc1)[C@@H](C)c1ccccc1.CCC[C@H](N)CC(=O)OCC.C[C@H](NCc1ccccc1)c1ccccc1. The maximum Gasteiger partial charge on any atom is 0.330 e. The van der Waals surface area contributed by atoms with Gasteiger partial charge in [-0.2, -0.15) is 0 Å². The molecule has 0 fully saturated rings. The molecule has 0 aliphatic carbocycles. The van der Waals surface area contributed by atoms with Gasteiger partial charge in [0.15, 0.2) is 0 Å². The summed E-state index contributed by atoms with van der Waals surface area (Å²) in [6.45, 7) is 19.2. The van der Waals surface area contributed by atoms with Crippen LogP contribution in [0.3, 0.4) is 0 Å². The molecule has 0 unspecified atom stereocenters. The van der Waals surface area contributed by atoms with E-state index in [1.54, 1.807) is 13.8 Å². The first-order valence-electron chi connectivity index (χ1n) is 23.1. The molecule has 0 saturated heterocycles. The predicted octanol–water partition coefficient (Wildman–Crippen LogP) is 11.9. The molecule has 0 aromatic heterocycles. The largest absolute Gasteiger partial charge is 0.466 e. The van der Waals surface area contributed by atoms with Crippen LogP contribution in [0.5, 0.6) is 0 Å². The van der Waals surface area contributed by atoms with Crippen molar-refractivity contribution in [3.63, 3.8) is 0 Å². The number of unbranched alkanes of at least 4 members (excludes halogenated alkanes) is 1. The summed E-state index contributed by atoms with van der Waals surface area (Å²) >= 11 is 0. The van der Waals surface area contributed by atoms with Crippen LogP contribution in [0, 0.1) is 0 Å². The topological polar surface area (TPSA) is 120 Å². The molecular weight excluding hydrogens is 787 g/mol. The number of carbonyl (C=O) groups excluding carboxylic acids is 3. The van der Waals surface area contributed by atoms with Crippen LogP contribution in [0.2, 0.25) is 0 Å². The van der Waals surface area contributed by atoms with E-state index in [1.165, 1.54) is 28.3 Å². The third-order valence-electron chi connectivity index (χ3n) is 9.93. The maximum absolute atomic E-state index is 12.2. The van der Waals surface area contributed by atoms with E-state index in [-0.39, 0.29) is 36.0 Å². The number of nitrogens with one attached hydrogen (secondary N) is 1. The van der Waals surface area contributed by atoms with Crippen molar-refractivity contribution in [2.24, 2.45) is 5.73 Å². The summed E-state index contributed by atoms with van der Waals surface area (Å²) in [6, 6.07) is 42.7. The zero-order valence-corrected chi connectivity index (χ0v) is 39.7. The Morgan fingerprint density at radius 3 is 1.57 bits per heavy atom. The molecule has 0 bridgehead atoms. The number of carbonyl (C=O) groups is 3. The third kappa shape index (κ3) is 26.9. The summed E-state index contributed by atoms with van der Waals surface area (Å²) in [4.78, 5) is 36.1. The van der Waals surface area contributed by atoms with Gasteiger partial charge in [-0.05, 0) is 76.1 Å². The molecule has 0 aliphatic rings. The molecule has 4 aromatic rings. The molecular formula is C54H79N3O6. The van der Waals surface area contributed by atoms with Gasteiger partial charge in [0.25, 0.3) is 0 Å². The van der Waals surface area contributed by atoms with Gasteiger partial charge in [-0.15, -0.1) is 0 Å². The van der Waals surface area contributed by atoms with E-state index in [9.17, 15) is 14.4 Å².